The van der Waals surface area contributed by atoms with Crippen LogP contribution < -0.4 is 10.3 Å². The molecule has 0 aliphatic heterocycles. The number of nitrogens with one attached hydrogen (secondary N) is 2. The average molecular weight is 332 g/mol. The van der Waals surface area contributed by atoms with Crippen molar-refractivity contribution in [1.82, 2.24) is 10.3 Å². The van der Waals surface area contributed by atoms with Gasteiger partial charge in [-0.2, -0.15) is 0 Å². The minimum atomic E-state index is -3.62. The lowest BCUT2D eigenvalue weighted by Crippen LogP contribution is -2.46. The van der Waals surface area contributed by atoms with Gasteiger partial charge in [0, 0.05) is 2.85 Å². The molecule has 0 bridgehead atoms. The molecule has 1 fully saturated rings. The number of amides is 1. The van der Waals surface area contributed by atoms with Gasteiger partial charge in [0.2, 0.25) is 10.0 Å². The van der Waals surface area contributed by atoms with E-state index in [9.17, 15) is 17.6 Å². The molecule has 0 atom stereocenters. The van der Waals surface area contributed by atoms with Crippen LogP contribution >= 0.6 is 0 Å². The number of rotatable bonds is 4. The molecule has 0 spiro atoms. The second kappa shape index (κ2) is 6.75. The highest BCUT2D eigenvalue weighted by molar-refractivity contribution is 7.90. The van der Waals surface area contributed by atoms with Crippen LogP contribution in [0.5, 0.6) is 0 Å². The van der Waals surface area contributed by atoms with Crippen molar-refractivity contribution in [3.63, 3.8) is 0 Å². The van der Waals surface area contributed by atoms with Crippen LogP contribution in [-0.4, -0.2) is 19.6 Å². The van der Waals surface area contributed by atoms with Crippen LogP contribution in [0.3, 0.4) is 0 Å². The largest absolute Gasteiger partial charge is 0.274 e. The van der Waals surface area contributed by atoms with Crippen LogP contribution in [0.4, 0.5) is 4.39 Å². The summed E-state index contributed by atoms with van der Waals surface area (Å²) in [6.07, 6.45) is 3.94. The topological polar surface area (TPSA) is 75.3 Å². The van der Waals surface area contributed by atoms with Crippen LogP contribution in [0, 0.1) is 19.7 Å². The molecule has 1 amide bonds. The van der Waals surface area contributed by atoms with Crippen molar-refractivity contribution in [3.8, 4) is 0 Å². The fourth-order valence-corrected chi connectivity index (χ4v) is 4.11. The Kier molecular flexibility index (Phi) is 5.18. The number of carbonyl (C=O) groups is 1. The Labute approximate surface area is 133 Å². The molecule has 0 heterocycles. The smallest absolute Gasteiger partial charge is 0.269 e. The molecule has 0 radical (unpaired) electrons. The van der Waals surface area contributed by atoms with Gasteiger partial charge in [0.25, 0.3) is 5.91 Å². The molecule has 1 aromatic rings. The Morgan fingerprint density at radius 3 is 2.50 bits per heavy atom. The highest BCUT2D eigenvalue weighted by atomic mass is 32.2. The van der Waals surface area contributed by atoms with Crippen molar-refractivity contribution >= 4 is 15.9 Å². The third kappa shape index (κ3) is 3.84. The second-order valence-corrected chi connectivity index (χ2v) is 7.77. The molecule has 2 rings (SSSR count). The number of carbonyl (C=O) groups excluding carboxylic acids is 1. The summed E-state index contributed by atoms with van der Waals surface area (Å²) in [6.45, 7) is 3.31. The zero-order chi connectivity index (χ0) is 16.3. The van der Waals surface area contributed by atoms with Gasteiger partial charge >= 0.3 is 0 Å². The minimum absolute atomic E-state index is 0. The van der Waals surface area contributed by atoms with Crippen molar-refractivity contribution in [2.75, 3.05) is 0 Å². The summed E-state index contributed by atoms with van der Waals surface area (Å²) >= 11 is 0. The van der Waals surface area contributed by atoms with Gasteiger partial charge in [0.1, 0.15) is 5.82 Å². The lowest BCUT2D eigenvalue weighted by Gasteiger charge is -2.22. The number of hydrazine groups is 1. The van der Waals surface area contributed by atoms with Crippen LogP contribution in [0.15, 0.2) is 12.1 Å². The normalized spacial score (nSPS) is 16.5. The lowest BCUT2D eigenvalue weighted by molar-refractivity contribution is 0.0940. The minimum Gasteiger partial charge on any atom is -0.274 e. The summed E-state index contributed by atoms with van der Waals surface area (Å²) in [5.74, 6) is -1.43. The van der Waals surface area contributed by atoms with Crippen LogP contribution in [0.25, 0.3) is 0 Å². The molecule has 0 aromatic heterocycles. The number of aryl methyl sites for hydroxylation is 2. The third-order valence-electron chi connectivity index (χ3n) is 3.94. The Morgan fingerprint density at radius 2 is 1.86 bits per heavy atom. The Bertz CT molecular complexity index is 678. The lowest BCUT2D eigenvalue weighted by atomic mass is 10.0. The molecule has 5 nitrogen and oxygen atoms in total. The molecule has 126 valence electrons. The Balaban J connectivity index is 0.00000264. The predicted octanol–water partition coefficient (Wildman–Crippen LogP) is 2.83. The van der Waals surface area contributed by atoms with E-state index in [0.29, 0.717) is 18.4 Å². The zero-order valence-corrected chi connectivity index (χ0v) is 13.6. The Morgan fingerprint density at radius 1 is 1.23 bits per heavy atom. The summed E-state index contributed by atoms with van der Waals surface area (Å²) in [4.78, 5) is 14.1. The van der Waals surface area contributed by atoms with E-state index in [-0.39, 0.29) is 8.42 Å². The number of benzene rings is 1. The summed E-state index contributed by atoms with van der Waals surface area (Å²) < 4.78 is 38.2. The van der Waals surface area contributed by atoms with Crippen molar-refractivity contribution in [2.24, 2.45) is 0 Å². The first-order chi connectivity index (χ1) is 10.3. The van der Waals surface area contributed by atoms with Crippen molar-refractivity contribution in [3.05, 3.63) is 34.6 Å². The van der Waals surface area contributed by atoms with Crippen molar-refractivity contribution in [1.29, 1.82) is 0 Å². The Hall–Kier alpha value is -1.47. The van der Waals surface area contributed by atoms with E-state index in [4.69, 9.17) is 0 Å². The number of sulfonamides is 1. The molecular formula is C15H25FN2O3S. The van der Waals surface area contributed by atoms with Gasteiger partial charge in [0.15, 0.2) is 0 Å². The summed E-state index contributed by atoms with van der Waals surface area (Å²) in [6, 6.07) is 3.02. The molecule has 1 saturated carbocycles. The predicted molar refractivity (Wildman–Crippen MR) is 86.5 cm³/mol. The number of halogens is 1. The van der Waals surface area contributed by atoms with E-state index in [1.54, 1.807) is 19.9 Å². The highest BCUT2D eigenvalue weighted by Gasteiger charge is 2.27. The molecule has 1 aromatic carbocycles. The van der Waals surface area contributed by atoms with E-state index in [0.717, 1.165) is 24.8 Å². The number of hydrogen-bond acceptors (Lipinski definition) is 3. The maximum absolute atomic E-state index is 14.0. The zero-order valence-electron chi connectivity index (χ0n) is 12.8. The molecule has 2 N–H and O–H groups in total. The van der Waals surface area contributed by atoms with Gasteiger partial charge in [-0.15, -0.1) is 4.83 Å². The second-order valence-electron chi connectivity index (χ2n) is 5.80. The molecule has 0 unspecified atom stereocenters. The first-order valence-electron chi connectivity index (χ1n) is 7.39. The fraction of sp³-hybridized carbons (Fsp3) is 0.533. The quantitative estimate of drug-likeness (QED) is 0.833. The van der Waals surface area contributed by atoms with Crippen molar-refractivity contribution in [2.45, 2.75) is 51.2 Å². The molecule has 7 heteroatoms. The number of hydrogen-bond donors (Lipinski definition) is 2. The van der Waals surface area contributed by atoms with Crippen molar-refractivity contribution < 1.29 is 20.5 Å². The summed E-state index contributed by atoms with van der Waals surface area (Å²) in [7, 11) is -3.62. The van der Waals surface area contributed by atoms with Gasteiger partial charge in [-0.3, -0.25) is 10.2 Å². The van der Waals surface area contributed by atoms with E-state index in [2.05, 4.69) is 10.3 Å². The maximum atomic E-state index is 14.0. The fourth-order valence-electron chi connectivity index (χ4n) is 2.76. The van der Waals surface area contributed by atoms with Gasteiger partial charge in [0.05, 0.1) is 10.8 Å². The van der Waals surface area contributed by atoms with Crippen LogP contribution in [-0.2, 0) is 10.0 Å². The third-order valence-corrected chi connectivity index (χ3v) is 5.68. The van der Waals surface area contributed by atoms with E-state index >= 15 is 0 Å². The van der Waals surface area contributed by atoms with Crippen LogP contribution in [0.2, 0.25) is 0 Å². The molecule has 1 aliphatic carbocycles. The van der Waals surface area contributed by atoms with E-state index < -0.39 is 27.0 Å². The molecule has 0 saturated heterocycles. The van der Waals surface area contributed by atoms with Gasteiger partial charge in [-0.1, -0.05) is 25.3 Å². The van der Waals surface area contributed by atoms with E-state index in [1.165, 1.54) is 6.07 Å². The molecular weight excluding hydrogens is 307 g/mol. The highest BCUT2D eigenvalue weighted by Crippen LogP contribution is 2.22. The van der Waals surface area contributed by atoms with Gasteiger partial charge in [-0.25, -0.2) is 12.8 Å². The maximum Gasteiger partial charge on any atom is 0.269 e. The van der Waals surface area contributed by atoms with Gasteiger partial charge in [-0.05, 0) is 43.9 Å². The summed E-state index contributed by atoms with van der Waals surface area (Å²) in [5, 5.41) is -0.495. The summed E-state index contributed by atoms with van der Waals surface area (Å²) in [5.41, 5.74) is 3.03. The van der Waals surface area contributed by atoms with Crippen LogP contribution in [0.1, 0.15) is 56.4 Å². The molecule has 22 heavy (non-hydrogen) atoms. The average Bonchev–Trinajstić information content (AvgIpc) is 2.49. The van der Waals surface area contributed by atoms with E-state index in [1.807, 2.05) is 0 Å². The first kappa shape index (κ1) is 16.9. The first-order valence-corrected chi connectivity index (χ1v) is 8.93. The SMILES string of the molecule is Cc1cc(C)c(F)c(C(=O)NNS(=O)(=O)C2CCCCC2)c1.[HH].[HH]. The van der Waals surface area contributed by atoms with Gasteiger partial charge < -0.3 is 0 Å². The monoisotopic (exact) mass is 332 g/mol. The standard InChI is InChI=1S/C15H21FN2O3S.2H2/c1-10-8-11(2)14(16)13(9-10)15(19)17-18-22(20,21)12-6-4-3-5-7-12;;/h8-9,12,18H,3-7H2,1-2H3,(H,17,19);2*1H. The molecule has 1 aliphatic rings.